The predicted octanol–water partition coefficient (Wildman–Crippen LogP) is 2.51. The van der Waals surface area contributed by atoms with Crippen LogP contribution in [0.1, 0.15) is 18.4 Å². The number of hydrogen-bond donors (Lipinski definition) is 1. The highest BCUT2D eigenvalue weighted by Gasteiger charge is 2.12. The molecule has 0 atom stereocenters. The summed E-state index contributed by atoms with van der Waals surface area (Å²) in [5.74, 6) is -1.66. The number of nitrogens with one attached hydrogen (secondary N) is 1. The third-order valence-corrected chi connectivity index (χ3v) is 2.86. The maximum Gasteiger partial charge on any atom is 0.190 e. The summed E-state index contributed by atoms with van der Waals surface area (Å²) < 4.78 is 42.6. The summed E-state index contributed by atoms with van der Waals surface area (Å²) >= 11 is 0. The van der Waals surface area contributed by atoms with Crippen LogP contribution in [0.4, 0.5) is 8.78 Å². The van der Waals surface area contributed by atoms with Crippen LogP contribution in [-0.4, -0.2) is 40.6 Å². The van der Waals surface area contributed by atoms with Gasteiger partial charge in [-0.3, -0.25) is 0 Å². The van der Waals surface area contributed by atoms with Gasteiger partial charge >= 0.3 is 0 Å². The van der Waals surface area contributed by atoms with Gasteiger partial charge in [-0.15, -0.1) is 0 Å². The van der Waals surface area contributed by atoms with Gasteiger partial charge in [0, 0.05) is 33.9 Å². The van der Waals surface area contributed by atoms with E-state index in [1.54, 1.807) is 14.2 Å². The van der Waals surface area contributed by atoms with Crippen LogP contribution >= 0.6 is 0 Å². The summed E-state index contributed by atoms with van der Waals surface area (Å²) in [6, 6.07) is 2.57. The quantitative estimate of drug-likeness (QED) is 0.638. The molecule has 0 aliphatic rings. The minimum Gasteiger partial charge on any atom is -0.488 e. The second kappa shape index (κ2) is 10.5. The Labute approximate surface area is 124 Å². The lowest BCUT2D eigenvalue weighted by Gasteiger charge is -2.10. The predicted molar refractivity (Wildman–Crippen MR) is 76.5 cm³/mol. The molecule has 6 heteroatoms. The third-order valence-electron chi connectivity index (χ3n) is 2.86. The molecule has 1 N–H and O–H groups in total. The van der Waals surface area contributed by atoms with Crippen LogP contribution in [0, 0.1) is 11.6 Å². The van der Waals surface area contributed by atoms with Crippen molar-refractivity contribution in [2.75, 3.05) is 40.6 Å². The SMILES string of the molecule is COCCCCOc1c(F)cc(CNCCOC)cc1F. The summed E-state index contributed by atoms with van der Waals surface area (Å²) in [7, 11) is 3.21. The highest BCUT2D eigenvalue weighted by molar-refractivity contribution is 5.31. The summed E-state index contributed by atoms with van der Waals surface area (Å²) in [6.07, 6.45) is 1.48. The lowest BCUT2D eigenvalue weighted by molar-refractivity contribution is 0.182. The second-order valence-corrected chi connectivity index (χ2v) is 4.61. The molecule has 1 aromatic carbocycles. The van der Waals surface area contributed by atoms with E-state index in [0.29, 0.717) is 38.3 Å². The van der Waals surface area contributed by atoms with E-state index in [9.17, 15) is 8.78 Å². The maximum absolute atomic E-state index is 13.8. The first kappa shape index (κ1) is 17.8. The van der Waals surface area contributed by atoms with Crippen LogP contribution in [0.3, 0.4) is 0 Å². The lowest BCUT2D eigenvalue weighted by Crippen LogP contribution is -2.18. The van der Waals surface area contributed by atoms with Crippen molar-refractivity contribution in [1.82, 2.24) is 5.32 Å². The van der Waals surface area contributed by atoms with Gasteiger partial charge in [-0.05, 0) is 30.5 Å². The van der Waals surface area contributed by atoms with Gasteiger partial charge in [0.25, 0.3) is 0 Å². The monoisotopic (exact) mass is 303 g/mol. The Morgan fingerprint density at radius 3 is 2.19 bits per heavy atom. The normalized spacial score (nSPS) is 10.9. The summed E-state index contributed by atoms with van der Waals surface area (Å²) in [4.78, 5) is 0. The molecule has 0 amide bonds. The Hall–Kier alpha value is -1.24. The molecule has 0 bridgehead atoms. The van der Waals surface area contributed by atoms with Gasteiger partial charge in [0.1, 0.15) is 0 Å². The number of benzene rings is 1. The Balaban J connectivity index is 2.46. The van der Waals surface area contributed by atoms with E-state index in [4.69, 9.17) is 14.2 Å². The number of ether oxygens (including phenoxy) is 3. The van der Waals surface area contributed by atoms with E-state index in [1.807, 2.05) is 0 Å². The first-order valence-corrected chi connectivity index (χ1v) is 6.98. The van der Waals surface area contributed by atoms with Crippen LogP contribution in [0.15, 0.2) is 12.1 Å². The molecule has 0 unspecified atom stereocenters. The third kappa shape index (κ3) is 6.84. The van der Waals surface area contributed by atoms with Gasteiger partial charge in [-0.25, -0.2) is 8.78 Å². The number of unbranched alkanes of at least 4 members (excludes halogenated alkanes) is 1. The first-order valence-electron chi connectivity index (χ1n) is 6.98. The number of rotatable bonds is 11. The highest BCUT2D eigenvalue weighted by Crippen LogP contribution is 2.23. The zero-order chi connectivity index (χ0) is 15.5. The number of methoxy groups -OCH3 is 2. The molecule has 0 spiro atoms. The molecule has 0 fully saturated rings. The molecule has 120 valence electrons. The number of hydrogen-bond acceptors (Lipinski definition) is 4. The fourth-order valence-electron chi connectivity index (χ4n) is 1.78. The molecule has 0 aliphatic carbocycles. The Bertz CT molecular complexity index is 393. The molecule has 0 radical (unpaired) electrons. The van der Waals surface area contributed by atoms with E-state index >= 15 is 0 Å². The standard InChI is InChI=1S/C15H23F2NO3/c1-19-6-3-4-7-21-15-13(16)9-12(10-14(15)17)11-18-5-8-20-2/h9-10,18H,3-8,11H2,1-2H3. The molecule has 0 aliphatic heterocycles. The van der Waals surface area contributed by atoms with E-state index < -0.39 is 11.6 Å². The smallest absolute Gasteiger partial charge is 0.190 e. The van der Waals surface area contributed by atoms with Crippen molar-refractivity contribution in [2.24, 2.45) is 0 Å². The molecule has 0 saturated carbocycles. The lowest BCUT2D eigenvalue weighted by atomic mass is 10.2. The molecule has 1 aromatic rings. The molecular formula is C15H23F2NO3. The van der Waals surface area contributed by atoms with Crippen LogP contribution in [0.25, 0.3) is 0 Å². The van der Waals surface area contributed by atoms with Crippen LogP contribution in [0.5, 0.6) is 5.75 Å². The Morgan fingerprint density at radius 1 is 0.952 bits per heavy atom. The molecule has 1 rings (SSSR count). The van der Waals surface area contributed by atoms with Crippen molar-refractivity contribution in [1.29, 1.82) is 0 Å². The van der Waals surface area contributed by atoms with Crippen molar-refractivity contribution in [2.45, 2.75) is 19.4 Å². The van der Waals surface area contributed by atoms with Gasteiger partial charge in [-0.2, -0.15) is 0 Å². The minimum atomic E-state index is -0.676. The average molecular weight is 303 g/mol. The van der Waals surface area contributed by atoms with Crippen molar-refractivity contribution in [3.63, 3.8) is 0 Å². The fourth-order valence-corrected chi connectivity index (χ4v) is 1.78. The maximum atomic E-state index is 13.8. The molecule has 0 aromatic heterocycles. The summed E-state index contributed by atoms with van der Waals surface area (Å²) in [6.45, 7) is 2.43. The molecule has 21 heavy (non-hydrogen) atoms. The van der Waals surface area contributed by atoms with Crippen molar-refractivity contribution in [3.05, 3.63) is 29.3 Å². The molecule has 4 nitrogen and oxygen atoms in total. The number of halogens is 2. The topological polar surface area (TPSA) is 39.7 Å². The zero-order valence-corrected chi connectivity index (χ0v) is 12.6. The second-order valence-electron chi connectivity index (χ2n) is 4.61. The molecule has 0 saturated heterocycles. The van der Waals surface area contributed by atoms with Crippen LogP contribution in [0.2, 0.25) is 0 Å². The van der Waals surface area contributed by atoms with Gasteiger partial charge < -0.3 is 19.5 Å². The van der Waals surface area contributed by atoms with Gasteiger partial charge in [0.05, 0.1) is 13.2 Å². The highest BCUT2D eigenvalue weighted by atomic mass is 19.1. The molecular weight excluding hydrogens is 280 g/mol. The Kier molecular flexibility index (Phi) is 8.89. The van der Waals surface area contributed by atoms with Gasteiger partial charge in [0.2, 0.25) is 0 Å². The van der Waals surface area contributed by atoms with Crippen molar-refractivity contribution in [3.8, 4) is 5.75 Å². The first-order chi connectivity index (χ1) is 10.2. The van der Waals surface area contributed by atoms with Crippen LogP contribution < -0.4 is 10.1 Å². The fraction of sp³-hybridized carbons (Fsp3) is 0.600. The average Bonchev–Trinajstić information content (AvgIpc) is 2.46. The van der Waals surface area contributed by atoms with Gasteiger partial charge in [-0.1, -0.05) is 0 Å². The Morgan fingerprint density at radius 2 is 1.57 bits per heavy atom. The van der Waals surface area contributed by atoms with Crippen LogP contribution in [-0.2, 0) is 16.0 Å². The van der Waals surface area contributed by atoms with E-state index in [-0.39, 0.29) is 12.4 Å². The van der Waals surface area contributed by atoms with E-state index in [0.717, 1.165) is 6.42 Å². The minimum absolute atomic E-state index is 0.267. The van der Waals surface area contributed by atoms with Gasteiger partial charge in [0.15, 0.2) is 17.4 Å². The molecule has 0 heterocycles. The van der Waals surface area contributed by atoms with E-state index in [1.165, 1.54) is 12.1 Å². The largest absolute Gasteiger partial charge is 0.488 e. The zero-order valence-electron chi connectivity index (χ0n) is 12.6. The summed E-state index contributed by atoms with van der Waals surface area (Å²) in [5.41, 5.74) is 0.535. The van der Waals surface area contributed by atoms with E-state index in [2.05, 4.69) is 5.32 Å². The van der Waals surface area contributed by atoms with Crippen molar-refractivity contribution >= 4 is 0 Å². The summed E-state index contributed by atoms with van der Waals surface area (Å²) in [5, 5.41) is 3.03. The van der Waals surface area contributed by atoms with Crippen molar-refractivity contribution < 1.29 is 23.0 Å².